The molecule has 3 unspecified atom stereocenters. The highest BCUT2D eigenvalue weighted by Gasteiger charge is 2.33. The maximum Gasteiger partial charge on any atom is 0.313 e. The molecule has 0 heterocycles. The smallest absolute Gasteiger partial charge is 0.313 e. The summed E-state index contributed by atoms with van der Waals surface area (Å²) in [5.41, 5.74) is 1.22. The molecule has 0 spiro atoms. The van der Waals surface area contributed by atoms with E-state index in [4.69, 9.17) is 5.11 Å². The summed E-state index contributed by atoms with van der Waals surface area (Å²) in [5, 5.41) is 21.5. The predicted molar refractivity (Wildman–Crippen MR) is 131 cm³/mol. The van der Waals surface area contributed by atoms with Gasteiger partial charge in [-0.3, -0.25) is 9.59 Å². The molecule has 3 atom stereocenters. The number of ketones is 1. The van der Waals surface area contributed by atoms with E-state index in [0.29, 0.717) is 18.6 Å². The molecule has 6 heteroatoms. The second kappa shape index (κ2) is 12.3. The van der Waals surface area contributed by atoms with Crippen molar-refractivity contribution in [3.05, 3.63) is 60.2 Å². The number of aryl methyl sites for hydroxylation is 1. The Kier molecular flexibility index (Phi) is 9.50. The van der Waals surface area contributed by atoms with Crippen LogP contribution in [0.3, 0.4) is 0 Å². The van der Waals surface area contributed by atoms with Crippen molar-refractivity contribution in [3.63, 3.8) is 0 Å². The van der Waals surface area contributed by atoms with E-state index in [2.05, 4.69) is 30.3 Å². The molecule has 1 saturated carbocycles. The Morgan fingerprint density at radius 2 is 1.97 bits per heavy atom. The first-order valence-electron chi connectivity index (χ1n) is 10.8. The molecule has 3 rings (SSSR count). The average molecular weight is 459 g/mol. The van der Waals surface area contributed by atoms with Gasteiger partial charge in [0.2, 0.25) is 0 Å². The first-order valence-corrected chi connectivity index (χ1v) is 13.0. The van der Waals surface area contributed by atoms with E-state index in [1.807, 2.05) is 24.3 Å². The predicted octanol–water partition coefficient (Wildman–Crippen LogP) is 4.98. The van der Waals surface area contributed by atoms with Gasteiger partial charge >= 0.3 is 5.97 Å². The fourth-order valence-electron chi connectivity index (χ4n) is 3.86. The molecule has 0 saturated heterocycles. The number of hydrogen-bond acceptors (Lipinski definition) is 5. The van der Waals surface area contributed by atoms with E-state index in [1.54, 1.807) is 11.8 Å². The minimum atomic E-state index is -0.784. The van der Waals surface area contributed by atoms with Crippen molar-refractivity contribution in [2.45, 2.75) is 43.5 Å². The fraction of sp³-hybridized carbons (Fsp3) is 0.440. The standard InChI is InChI=1S/C25H30O4S2/c26-22(11-7-18-6-8-19-4-1-2-5-21(19)16-18)12-9-20-10-13-23(27)25(20)31-15-3-14-30-17-24(28)29/h1-2,4-6,8-9,12,16,20,22,25-26H,3,7,10-11,13-15,17H2,(H,28,29)/b12-9+. The maximum atomic E-state index is 12.3. The molecule has 166 valence electrons. The molecule has 1 aliphatic rings. The summed E-state index contributed by atoms with van der Waals surface area (Å²) >= 11 is 3.10. The molecule has 2 aromatic carbocycles. The van der Waals surface area contributed by atoms with Gasteiger partial charge in [0.05, 0.1) is 17.1 Å². The third-order valence-electron chi connectivity index (χ3n) is 5.51. The van der Waals surface area contributed by atoms with Crippen LogP contribution in [0.25, 0.3) is 10.8 Å². The zero-order valence-corrected chi connectivity index (χ0v) is 19.2. The Bertz CT molecular complexity index is 911. The number of aliphatic hydroxyl groups is 1. The maximum absolute atomic E-state index is 12.3. The van der Waals surface area contributed by atoms with Gasteiger partial charge in [-0.1, -0.05) is 54.6 Å². The lowest BCUT2D eigenvalue weighted by Crippen LogP contribution is -2.17. The van der Waals surface area contributed by atoms with E-state index >= 15 is 0 Å². The lowest BCUT2D eigenvalue weighted by atomic mass is 10.0. The van der Waals surface area contributed by atoms with E-state index in [1.165, 1.54) is 28.1 Å². The van der Waals surface area contributed by atoms with Gasteiger partial charge in [-0.2, -0.15) is 11.8 Å². The van der Waals surface area contributed by atoms with Gasteiger partial charge in [0.1, 0.15) is 5.78 Å². The number of benzene rings is 2. The van der Waals surface area contributed by atoms with Crippen LogP contribution in [0.1, 0.15) is 31.2 Å². The fourth-order valence-corrected chi connectivity index (χ4v) is 6.05. The Morgan fingerprint density at radius 1 is 1.16 bits per heavy atom. The lowest BCUT2D eigenvalue weighted by Gasteiger charge is -2.15. The quantitative estimate of drug-likeness (QED) is 0.345. The number of carboxylic acids is 1. The zero-order chi connectivity index (χ0) is 22.1. The molecule has 2 N–H and O–H groups in total. The van der Waals surface area contributed by atoms with Crippen LogP contribution in [0.4, 0.5) is 0 Å². The first-order chi connectivity index (χ1) is 15.0. The number of fused-ring (bicyclic) bond motifs is 1. The molecule has 0 bridgehead atoms. The normalized spacial score (nSPS) is 20.0. The van der Waals surface area contributed by atoms with E-state index in [-0.39, 0.29) is 16.9 Å². The number of aliphatic hydroxyl groups excluding tert-OH is 1. The third-order valence-corrected chi connectivity index (χ3v) is 8.03. The third kappa shape index (κ3) is 7.70. The minimum absolute atomic E-state index is 0.0339. The Labute approximate surface area is 192 Å². The Morgan fingerprint density at radius 3 is 2.77 bits per heavy atom. The summed E-state index contributed by atoms with van der Waals surface area (Å²) in [4.78, 5) is 22.8. The summed E-state index contributed by atoms with van der Waals surface area (Å²) in [7, 11) is 0. The van der Waals surface area contributed by atoms with Crippen LogP contribution in [0, 0.1) is 5.92 Å². The molecule has 1 aliphatic carbocycles. The largest absolute Gasteiger partial charge is 0.481 e. The number of allylic oxidation sites excluding steroid dienone is 1. The van der Waals surface area contributed by atoms with Crippen molar-refractivity contribution in [2.75, 3.05) is 17.3 Å². The van der Waals surface area contributed by atoms with Crippen molar-refractivity contribution in [1.82, 2.24) is 0 Å². The van der Waals surface area contributed by atoms with Gasteiger partial charge in [-0.05, 0) is 59.4 Å². The van der Waals surface area contributed by atoms with Crippen LogP contribution in [-0.4, -0.2) is 50.6 Å². The van der Waals surface area contributed by atoms with E-state index < -0.39 is 12.1 Å². The first kappa shape index (κ1) is 23.9. The topological polar surface area (TPSA) is 74.6 Å². The van der Waals surface area contributed by atoms with Crippen LogP contribution in [0.2, 0.25) is 0 Å². The van der Waals surface area contributed by atoms with Crippen LogP contribution in [0.15, 0.2) is 54.6 Å². The molecule has 0 radical (unpaired) electrons. The molecule has 31 heavy (non-hydrogen) atoms. The number of carbonyl (C=O) groups is 2. The molecule has 0 amide bonds. The van der Waals surface area contributed by atoms with Crippen LogP contribution >= 0.6 is 23.5 Å². The van der Waals surface area contributed by atoms with Gasteiger partial charge in [0.15, 0.2) is 0 Å². The number of rotatable bonds is 12. The van der Waals surface area contributed by atoms with Gasteiger partial charge in [0.25, 0.3) is 0 Å². The summed E-state index contributed by atoms with van der Waals surface area (Å²) in [5.74, 6) is 1.48. The zero-order valence-electron chi connectivity index (χ0n) is 17.6. The Balaban J connectivity index is 1.42. The minimum Gasteiger partial charge on any atom is -0.481 e. The van der Waals surface area contributed by atoms with Gasteiger partial charge in [-0.15, -0.1) is 11.8 Å². The van der Waals surface area contributed by atoms with Gasteiger partial charge < -0.3 is 10.2 Å². The monoisotopic (exact) mass is 458 g/mol. The van der Waals surface area contributed by atoms with Crippen molar-refractivity contribution < 1.29 is 19.8 Å². The Hall–Kier alpha value is -1.76. The number of thioether (sulfide) groups is 2. The number of aliphatic carboxylic acids is 1. The van der Waals surface area contributed by atoms with Crippen molar-refractivity contribution in [2.24, 2.45) is 5.92 Å². The van der Waals surface area contributed by atoms with E-state index in [9.17, 15) is 14.7 Å². The van der Waals surface area contributed by atoms with Crippen LogP contribution in [0.5, 0.6) is 0 Å². The second-order valence-electron chi connectivity index (χ2n) is 7.93. The molecule has 2 aromatic rings. The number of carboxylic acid groups (broad SMARTS) is 1. The molecule has 4 nitrogen and oxygen atoms in total. The lowest BCUT2D eigenvalue weighted by molar-refractivity contribution is -0.133. The SMILES string of the molecule is O=C(O)CSCCCSC1C(=O)CCC1/C=C/C(O)CCc1ccc2ccccc2c1. The average Bonchev–Trinajstić information content (AvgIpc) is 3.12. The summed E-state index contributed by atoms with van der Waals surface area (Å²) in [6.45, 7) is 0. The highest BCUT2D eigenvalue weighted by molar-refractivity contribution is 8.01. The van der Waals surface area contributed by atoms with Crippen LogP contribution < -0.4 is 0 Å². The number of carbonyl (C=O) groups excluding carboxylic acids is 1. The highest BCUT2D eigenvalue weighted by atomic mass is 32.2. The van der Waals surface area contributed by atoms with Crippen molar-refractivity contribution >= 4 is 46.0 Å². The van der Waals surface area contributed by atoms with Crippen molar-refractivity contribution in [3.8, 4) is 0 Å². The summed E-state index contributed by atoms with van der Waals surface area (Å²) in [6, 6.07) is 14.7. The molecular weight excluding hydrogens is 428 g/mol. The second-order valence-corrected chi connectivity index (χ2v) is 10.3. The molecule has 0 aromatic heterocycles. The number of hydrogen-bond donors (Lipinski definition) is 2. The van der Waals surface area contributed by atoms with Crippen molar-refractivity contribution in [1.29, 1.82) is 0 Å². The number of Topliss-reactive ketones (excluding diaryl/α,β-unsaturated/α-hetero) is 1. The molecule has 0 aliphatic heterocycles. The molecule has 1 fully saturated rings. The summed E-state index contributed by atoms with van der Waals surface area (Å²) < 4.78 is 0. The van der Waals surface area contributed by atoms with Gasteiger partial charge in [0, 0.05) is 6.42 Å². The van der Waals surface area contributed by atoms with Crippen LogP contribution in [-0.2, 0) is 16.0 Å². The summed E-state index contributed by atoms with van der Waals surface area (Å²) in [6.07, 6.45) is 7.21. The highest BCUT2D eigenvalue weighted by Crippen LogP contribution is 2.34. The van der Waals surface area contributed by atoms with Gasteiger partial charge in [-0.25, -0.2) is 0 Å². The molecular formula is C25H30O4S2. The van der Waals surface area contributed by atoms with E-state index in [0.717, 1.165) is 30.8 Å².